The lowest BCUT2D eigenvalue weighted by Crippen LogP contribution is -2.13. The van der Waals surface area contributed by atoms with Crippen molar-refractivity contribution < 1.29 is 13.2 Å². The second kappa shape index (κ2) is 8.28. The highest BCUT2D eigenvalue weighted by molar-refractivity contribution is 7.93. The number of para-hydroxylation sites is 1. The normalized spacial score (nSPS) is 10.9. The minimum atomic E-state index is -3.88. The van der Waals surface area contributed by atoms with Gasteiger partial charge in [-0.15, -0.1) is 11.3 Å². The molecule has 0 radical (unpaired) electrons. The maximum atomic E-state index is 12.6. The van der Waals surface area contributed by atoms with Gasteiger partial charge >= 0.3 is 0 Å². The minimum Gasteiger partial charge on any atom is -0.455 e. The molecule has 0 bridgehead atoms. The molecule has 30 heavy (non-hydrogen) atoms. The number of ether oxygens (including phenoxy) is 1. The number of nitrogens with one attached hydrogen (secondary N) is 1. The van der Waals surface area contributed by atoms with Crippen molar-refractivity contribution in [1.82, 2.24) is 15.0 Å². The predicted octanol–water partition coefficient (Wildman–Crippen LogP) is 4.06. The molecule has 1 N–H and O–H groups in total. The summed E-state index contributed by atoms with van der Waals surface area (Å²) in [6.45, 7) is 0. The van der Waals surface area contributed by atoms with Gasteiger partial charge in [0.25, 0.3) is 10.0 Å². The molecule has 0 atom stereocenters. The Morgan fingerprint density at radius 2 is 1.87 bits per heavy atom. The van der Waals surface area contributed by atoms with E-state index in [-0.39, 0.29) is 21.3 Å². The molecule has 2 aromatic carbocycles. The van der Waals surface area contributed by atoms with Crippen LogP contribution in [0.2, 0.25) is 0 Å². The number of nitrogens with zero attached hydrogens (tertiary/aromatic N) is 4. The zero-order chi connectivity index (χ0) is 21.0. The Morgan fingerprint density at radius 3 is 2.60 bits per heavy atom. The molecule has 2 aromatic heterocycles. The first kappa shape index (κ1) is 19.5. The summed E-state index contributed by atoms with van der Waals surface area (Å²) < 4.78 is 33.5. The summed E-state index contributed by atoms with van der Waals surface area (Å²) >= 11 is 1.16. The van der Waals surface area contributed by atoms with Crippen molar-refractivity contribution in [1.29, 1.82) is 5.26 Å². The highest BCUT2D eigenvalue weighted by Crippen LogP contribution is 2.34. The minimum absolute atomic E-state index is 0.0636. The molecule has 0 saturated heterocycles. The number of hydrogen-bond acceptors (Lipinski definition) is 8. The molecule has 8 nitrogen and oxygen atoms in total. The number of benzene rings is 2. The fourth-order valence-electron chi connectivity index (χ4n) is 2.65. The average molecular weight is 435 g/mol. The smallest absolute Gasteiger partial charge is 0.263 e. The summed E-state index contributed by atoms with van der Waals surface area (Å²) in [7, 11) is -3.88. The van der Waals surface area contributed by atoms with Gasteiger partial charge < -0.3 is 4.74 Å². The first-order chi connectivity index (χ1) is 14.6. The lowest BCUT2D eigenvalue weighted by molar-refractivity contribution is 0.482. The van der Waals surface area contributed by atoms with E-state index in [1.165, 1.54) is 30.7 Å². The van der Waals surface area contributed by atoms with Crippen LogP contribution in [0.4, 0.5) is 5.13 Å². The van der Waals surface area contributed by atoms with Crippen LogP contribution in [0.5, 0.6) is 11.5 Å². The van der Waals surface area contributed by atoms with E-state index in [2.05, 4.69) is 19.7 Å². The molecule has 4 aromatic rings. The standard InChI is InChI=1S/C20H13N5O3S2/c21-10-14-9-16(30(26,27)25-20-24-7-8-29-20)5-6-18(14)28-19-4-2-1-3-17(19)15-11-22-13-23-12-15/h1-9,11-13H,(H,24,25). The van der Waals surface area contributed by atoms with Gasteiger partial charge in [0.15, 0.2) is 5.13 Å². The van der Waals surface area contributed by atoms with Crippen LogP contribution in [0.25, 0.3) is 11.1 Å². The molecule has 0 unspecified atom stereocenters. The van der Waals surface area contributed by atoms with Crippen molar-refractivity contribution >= 4 is 26.5 Å². The number of nitriles is 1. The Kier molecular flexibility index (Phi) is 5.38. The second-order valence-electron chi connectivity index (χ2n) is 5.94. The fraction of sp³-hybridized carbons (Fsp3) is 0. The zero-order valence-electron chi connectivity index (χ0n) is 15.3. The molecular formula is C20H13N5O3S2. The highest BCUT2D eigenvalue weighted by Gasteiger charge is 2.19. The van der Waals surface area contributed by atoms with E-state index in [1.54, 1.807) is 29.9 Å². The molecule has 2 heterocycles. The third-order valence-corrected chi connectivity index (χ3v) is 6.17. The Morgan fingerprint density at radius 1 is 1.07 bits per heavy atom. The van der Waals surface area contributed by atoms with E-state index in [0.29, 0.717) is 5.75 Å². The number of aromatic nitrogens is 3. The Hall–Kier alpha value is -3.81. The van der Waals surface area contributed by atoms with E-state index in [1.807, 2.05) is 18.2 Å². The summed E-state index contributed by atoms with van der Waals surface area (Å²) in [6.07, 6.45) is 6.23. The van der Waals surface area contributed by atoms with Crippen LogP contribution >= 0.6 is 11.3 Å². The summed E-state index contributed by atoms with van der Waals surface area (Å²) in [4.78, 5) is 11.9. The first-order valence-corrected chi connectivity index (χ1v) is 10.9. The van der Waals surface area contributed by atoms with E-state index in [4.69, 9.17) is 4.74 Å². The monoisotopic (exact) mass is 435 g/mol. The predicted molar refractivity (Wildman–Crippen MR) is 112 cm³/mol. The molecule has 0 amide bonds. The van der Waals surface area contributed by atoms with Crippen molar-refractivity contribution in [3.63, 3.8) is 0 Å². The maximum Gasteiger partial charge on any atom is 0.263 e. The second-order valence-corrected chi connectivity index (χ2v) is 8.51. The first-order valence-electron chi connectivity index (χ1n) is 8.55. The molecule has 0 spiro atoms. The molecular weight excluding hydrogens is 422 g/mol. The summed E-state index contributed by atoms with van der Waals surface area (Å²) in [5, 5.41) is 11.5. The van der Waals surface area contributed by atoms with Crippen LogP contribution in [-0.2, 0) is 10.0 Å². The van der Waals surface area contributed by atoms with Crippen LogP contribution in [0, 0.1) is 11.3 Å². The van der Waals surface area contributed by atoms with Gasteiger partial charge in [-0.05, 0) is 24.3 Å². The topological polar surface area (TPSA) is 118 Å². The van der Waals surface area contributed by atoms with Crippen LogP contribution in [0.15, 0.2) is 77.7 Å². The van der Waals surface area contributed by atoms with Gasteiger partial charge in [-0.2, -0.15) is 5.26 Å². The molecule has 0 aliphatic carbocycles. The summed E-state index contributed by atoms with van der Waals surface area (Å²) in [5.41, 5.74) is 1.57. The van der Waals surface area contributed by atoms with Crippen molar-refractivity contribution in [2.75, 3.05) is 4.72 Å². The van der Waals surface area contributed by atoms with Crippen LogP contribution in [-0.4, -0.2) is 23.4 Å². The molecule has 4 rings (SSSR count). The van der Waals surface area contributed by atoms with Crippen LogP contribution in [0.1, 0.15) is 5.56 Å². The highest BCUT2D eigenvalue weighted by atomic mass is 32.2. The van der Waals surface area contributed by atoms with Gasteiger partial charge in [0, 0.05) is 35.1 Å². The van der Waals surface area contributed by atoms with Gasteiger partial charge in [0.05, 0.1) is 10.5 Å². The Bertz CT molecular complexity index is 1320. The fourth-order valence-corrected chi connectivity index (χ4v) is 4.47. The number of hydrogen-bond donors (Lipinski definition) is 1. The Labute approximate surface area is 176 Å². The van der Waals surface area contributed by atoms with Crippen LogP contribution < -0.4 is 9.46 Å². The lowest BCUT2D eigenvalue weighted by Gasteiger charge is -2.13. The SMILES string of the molecule is N#Cc1cc(S(=O)(=O)Nc2nccs2)ccc1Oc1ccccc1-c1cncnc1. The molecule has 0 aliphatic rings. The summed E-state index contributed by atoms with van der Waals surface area (Å²) in [6, 6.07) is 13.3. The van der Waals surface area contributed by atoms with Gasteiger partial charge in [-0.25, -0.2) is 23.4 Å². The van der Waals surface area contributed by atoms with Crippen LogP contribution in [0.3, 0.4) is 0 Å². The van der Waals surface area contributed by atoms with E-state index in [9.17, 15) is 13.7 Å². The lowest BCUT2D eigenvalue weighted by atomic mass is 10.1. The van der Waals surface area contributed by atoms with E-state index in [0.717, 1.165) is 22.5 Å². The summed E-state index contributed by atoms with van der Waals surface area (Å²) in [5.74, 6) is 0.718. The molecule has 0 fully saturated rings. The Balaban J connectivity index is 1.67. The maximum absolute atomic E-state index is 12.6. The van der Waals surface area contributed by atoms with Gasteiger partial charge in [0.2, 0.25) is 0 Å². The van der Waals surface area contributed by atoms with Gasteiger partial charge in [-0.1, -0.05) is 18.2 Å². The molecule has 0 saturated carbocycles. The largest absolute Gasteiger partial charge is 0.455 e. The zero-order valence-corrected chi connectivity index (χ0v) is 16.9. The molecule has 148 valence electrons. The quantitative estimate of drug-likeness (QED) is 0.485. The van der Waals surface area contributed by atoms with E-state index < -0.39 is 10.0 Å². The number of thiazole rings is 1. The van der Waals surface area contributed by atoms with Crippen molar-refractivity contribution in [2.45, 2.75) is 4.90 Å². The van der Waals surface area contributed by atoms with Gasteiger partial charge in [0.1, 0.15) is 23.9 Å². The number of sulfonamides is 1. The van der Waals surface area contributed by atoms with E-state index >= 15 is 0 Å². The number of rotatable bonds is 6. The molecule has 10 heteroatoms. The van der Waals surface area contributed by atoms with Crippen molar-refractivity contribution in [2.24, 2.45) is 0 Å². The third-order valence-electron chi connectivity index (χ3n) is 4.01. The van der Waals surface area contributed by atoms with Crippen molar-refractivity contribution in [3.05, 3.63) is 78.3 Å². The number of anilines is 1. The molecule has 0 aliphatic heterocycles. The average Bonchev–Trinajstić information content (AvgIpc) is 3.27. The van der Waals surface area contributed by atoms with Gasteiger partial charge in [-0.3, -0.25) is 4.72 Å². The van der Waals surface area contributed by atoms with Crippen molar-refractivity contribution in [3.8, 4) is 28.7 Å². The third kappa shape index (κ3) is 4.12.